The highest BCUT2D eigenvalue weighted by molar-refractivity contribution is 5.74. The minimum atomic E-state index is -4.97. The summed E-state index contributed by atoms with van der Waals surface area (Å²) in [5.74, 6) is -1.68. The van der Waals surface area contributed by atoms with Gasteiger partial charge in [-0.25, -0.2) is 4.79 Å². The van der Waals surface area contributed by atoms with E-state index in [0.717, 1.165) is 0 Å². The molecule has 0 saturated carbocycles. The van der Waals surface area contributed by atoms with E-state index in [1.54, 1.807) is 6.07 Å². The highest BCUT2D eigenvalue weighted by atomic mass is 19.4. The van der Waals surface area contributed by atoms with Gasteiger partial charge in [-0.1, -0.05) is 30.3 Å². The van der Waals surface area contributed by atoms with Crippen LogP contribution in [0.3, 0.4) is 0 Å². The Balaban J connectivity index is 2.90. The number of carboxylic acids is 1. The Morgan fingerprint density at radius 3 is 2.20 bits per heavy atom. The number of ether oxygens (including phenoxy) is 1. The SMILES string of the molecule is O=C(O)[C@H](OC(F)(F)F)c1ccccc1. The molecular weight excluding hydrogens is 213 g/mol. The maximum absolute atomic E-state index is 11.9. The lowest BCUT2D eigenvalue weighted by Crippen LogP contribution is -2.24. The predicted molar refractivity (Wildman–Crippen MR) is 44.0 cm³/mol. The molecule has 0 aliphatic carbocycles. The van der Waals surface area contributed by atoms with Gasteiger partial charge in [-0.05, 0) is 5.56 Å². The molecule has 0 fully saturated rings. The van der Waals surface area contributed by atoms with Gasteiger partial charge in [0.05, 0.1) is 0 Å². The Labute approximate surface area is 83.1 Å². The van der Waals surface area contributed by atoms with Crippen LogP contribution in [0.4, 0.5) is 13.2 Å². The van der Waals surface area contributed by atoms with E-state index in [9.17, 15) is 18.0 Å². The Kier molecular flexibility index (Phi) is 3.31. The van der Waals surface area contributed by atoms with Crippen molar-refractivity contribution in [3.05, 3.63) is 35.9 Å². The van der Waals surface area contributed by atoms with Crippen LogP contribution < -0.4 is 0 Å². The van der Waals surface area contributed by atoms with Crippen molar-refractivity contribution >= 4 is 5.97 Å². The summed E-state index contributed by atoms with van der Waals surface area (Å²) >= 11 is 0. The molecule has 0 heterocycles. The number of hydrogen-bond acceptors (Lipinski definition) is 2. The summed E-state index contributed by atoms with van der Waals surface area (Å²) in [6.45, 7) is 0. The van der Waals surface area contributed by atoms with Gasteiger partial charge < -0.3 is 5.11 Å². The zero-order chi connectivity index (χ0) is 11.5. The highest BCUT2D eigenvalue weighted by Crippen LogP contribution is 2.27. The number of aliphatic carboxylic acids is 1. The van der Waals surface area contributed by atoms with Crippen molar-refractivity contribution in [2.45, 2.75) is 12.5 Å². The van der Waals surface area contributed by atoms with Crippen LogP contribution in [0.15, 0.2) is 30.3 Å². The molecule has 82 valence electrons. The summed E-state index contributed by atoms with van der Waals surface area (Å²) in [6, 6.07) is 6.95. The summed E-state index contributed by atoms with van der Waals surface area (Å²) < 4.78 is 39.1. The molecule has 0 aliphatic rings. The number of benzene rings is 1. The molecule has 1 rings (SSSR count). The summed E-state index contributed by atoms with van der Waals surface area (Å²) in [7, 11) is 0. The van der Waals surface area contributed by atoms with Crippen molar-refractivity contribution in [3.8, 4) is 0 Å². The van der Waals surface area contributed by atoms with E-state index in [1.807, 2.05) is 0 Å². The third kappa shape index (κ3) is 3.59. The number of rotatable bonds is 3. The maximum Gasteiger partial charge on any atom is 0.523 e. The van der Waals surface area contributed by atoms with E-state index < -0.39 is 18.4 Å². The minimum Gasteiger partial charge on any atom is -0.479 e. The van der Waals surface area contributed by atoms with Crippen LogP contribution in [0.2, 0.25) is 0 Å². The monoisotopic (exact) mass is 220 g/mol. The van der Waals surface area contributed by atoms with E-state index >= 15 is 0 Å². The molecule has 0 amide bonds. The second-order valence-corrected chi connectivity index (χ2v) is 2.69. The summed E-state index contributed by atoms with van der Waals surface area (Å²) in [6.07, 6.45) is -7.00. The van der Waals surface area contributed by atoms with Gasteiger partial charge in [-0.15, -0.1) is 13.2 Å². The third-order valence-electron chi connectivity index (χ3n) is 1.58. The molecule has 1 aromatic carbocycles. The first-order valence-corrected chi connectivity index (χ1v) is 3.92. The van der Waals surface area contributed by atoms with E-state index in [0.29, 0.717) is 0 Å². The number of hydrogen-bond donors (Lipinski definition) is 1. The average molecular weight is 220 g/mol. The summed E-state index contributed by atoms with van der Waals surface area (Å²) in [5, 5.41) is 8.57. The molecule has 0 bridgehead atoms. The van der Waals surface area contributed by atoms with Crippen LogP contribution in [0, 0.1) is 0 Å². The Morgan fingerprint density at radius 1 is 1.27 bits per heavy atom. The minimum absolute atomic E-state index is 0.0534. The van der Waals surface area contributed by atoms with Crippen molar-refractivity contribution in [1.82, 2.24) is 0 Å². The van der Waals surface area contributed by atoms with Gasteiger partial charge in [0, 0.05) is 0 Å². The first-order valence-electron chi connectivity index (χ1n) is 3.92. The van der Waals surface area contributed by atoms with Crippen LogP contribution in [-0.2, 0) is 9.53 Å². The van der Waals surface area contributed by atoms with Crippen molar-refractivity contribution in [1.29, 1.82) is 0 Å². The number of carboxylic acid groups (broad SMARTS) is 1. The molecular formula is C9H7F3O3. The second-order valence-electron chi connectivity index (χ2n) is 2.69. The van der Waals surface area contributed by atoms with Gasteiger partial charge in [-0.3, -0.25) is 4.74 Å². The normalized spacial score (nSPS) is 13.5. The highest BCUT2D eigenvalue weighted by Gasteiger charge is 2.37. The largest absolute Gasteiger partial charge is 0.523 e. The first kappa shape index (κ1) is 11.5. The Bertz CT molecular complexity index is 334. The fourth-order valence-corrected chi connectivity index (χ4v) is 1.02. The standard InChI is InChI=1S/C9H7F3O3/c10-9(11,12)15-7(8(13)14)6-4-2-1-3-5-6/h1-5,7H,(H,13,14)/t7-/m1/s1. The molecule has 1 N–H and O–H groups in total. The average Bonchev–Trinajstić information content (AvgIpc) is 2.14. The molecule has 0 aliphatic heterocycles. The number of halogens is 3. The summed E-state index contributed by atoms with van der Waals surface area (Å²) in [5.41, 5.74) is -0.0534. The van der Waals surface area contributed by atoms with E-state index in [4.69, 9.17) is 5.11 Å². The predicted octanol–water partition coefficient (Wildman–Crippen LogP) is 2.35. The number of carbonyl (C=O) groups is 1. The maximum atomic E-state index is 11.9. The molecule has 0 saturated heterocycles. The second kappa shape index (κ2) is 4.31. The zero-order valence-corrected chi connectivity index (χ0v) is 7.36. The molecule has 6 heteroatoms. The van der Waals surface area contributed by atoms with Gasteiger partial charge in [0.1, 0.15) is 0 Å². The van der Waals surface area contributed by atoms with E-state index in [1.165, 1.54) is 24.3 Å². The van der Waals surface area contributed by atoms with Crippen molar-refractivity contribution in [3.63, 3.8) is 0 Å². The summed E-state index contributed by atoms with van der Waals surface area (Å²) in [4.78, 5) is 10.6. The molecule has 0 spiro atoms. The third-order valence-corrected chi connectivity index (χ3v) is 1.58. The van der Waals surface area contributed by atoms with Crippen molar-refractivity contribution < 1.29 is 27.8 Å². The molecule has 0 aromatic heterocycles. The molecule has 3 nitrogen and oxygen atoms in total. The quantitative estimate of drug-likeness (QED) is 0.850. The molecule has 0 unspecified atom stereocenters. The Morgan fingerprint density at radius 2 is 1.80 bits per heavy atom. The zero-order valence-electron chi connectivity index (χ0n) is 7.36. The van der Waals surface area contributed by atoms with Gasteiger partial charge in [0.15, 0.2) is 6.10 Å². The van der Waals surface area contributed by atoms with Gasteiger partial charge in [0.25, 0.3) is 0 Å². The lowest BCUT2D eigenvalue weighted by atomic mass is 10.1. The van der Waals surface area contributed by atoms with E-state index in [2.05, 4.69) is 4.74 Å². The first-order chi connectivity index (χ1) is 6.90. The fraction of sp³-hybridized carbons (Fsp3) is 0.222. The molecule has 15 heavy (non-hydrogen) atoms. The molecule has 1 aromatic rings. The topological polar surface area (TPSA) is 46.5 Å². The van der Waals surface area contributed by atoms with Gasteiger partial charge >= 0.3 is 12.3 Å². The Hall–Kier alpha value is -1.56. The van der Waals surface area contributed by atoms with Crippen LogP contribution in [-0.4, -0.2) is 17.4 Å². The van der Waals surface area contributed by atoms with E-state index in [-0.39, 0.29) is 5.56 Å². The van der Waals surface area contributed by atoms with Crippen LogP contribution >= 0.6 is 0 Å². The van der Waals surface area contributed by atoms with Gasteiger partial charge in [0.2, 0.25) is 0 Å². The fourth-order valence-electron chi connectivity index (χ4n) is 1.02. The van der Waals surface area contributed by atoms with Gasteiger partial charge in [-0.2, -0.15) is 0 Å². The van der Waals surface area contributed by atoms with Crippen LogP contribution in [0.1, 0.15) is 11.7 Å². The van der Waals surface area contributed by atoms with Crippen LogP contribution in [0.25, 0.3) is 0 Å². The van der Waals surface area contributed by atoms with Crippen molar-refractivity contribution in [2.75, 3.05) is 0 Å². The molecule has 1 atom stereocenters. The lowest BCUT2D eigenvalue weighted by Gasteiger charge is -2.15. The smallest absolute Gasteiger partial charge is 0.479 e. The van der Waals surface area contributed by atoms with Crippen LogP contribution in [0.5, 0.6) is 0 Å². The van der Waals surface area contributed by atoms with Crippen molar-refractivity contribution in [2.24, 2.45) is 0 Å². The molecule has 0 radical (unpaired) electrons. The lowest BCUT2D eigenvalue weighted by molar-refractivity contribution is -0.341. The number of alkyl halides is 3.